The molecule has 3 fully saturated rings. The van der Waals surface area contributed by atoms with Crippen LogP contribution in [0.4, 0.5) is 0 Å². The van der Waals surface area contributed by atoms with Crippen molar-refractivity contribution in [1.82, 2.24) is 23.9 Å². The van der Waals surface area contributed by atoms with E-state index in [1.165, 1.54) is 43.2 Å². The molecule has 1 aromatic rings. The molecule has 0 radical (unpaired) electrons. The van der Waals surface area contributed by atoms with Crippen LogP contribution in [0.15, 0.2) is 29.2 Å². The Hall–Kier alpha value is -2.01. The molecule has 10 heteroatoms. The Morgan fingerprint density at radius 1 is 0.788 bits per heavy atom. The van der Waals surface area contributed by atoms with Gasteiger partial charge in [-0.1, -0.05) is 6.07 Å². The van der Waals surface area contributed by atoms with Crippen LogP contribution in [0.1, 0.15) is 30.1 Å². The summed E-state index contributed by atoms with van der Waals surface area (Å²) in [5.74, 6) is -0.163. The summed E-state index contributed by atoms with van der Waals surface area (Å²) in [7, 11) is -3.71. The molecule has 3 aliphatic rings. The first-order valence-electron chi connectivity index (χ1n) is 11.9. The van der Waals surface area contributed by atoms with Crippen LogP contribution in [0.5, 0.6) is 0 Å². The molecule has 3 heterocycles. The molecule has 33 heavy (non-hydrogen) atoms. The van der Waals surface area contributed by atoms with E-state index in [0.717, 1.165) is 26.2 Å². The van der Waals surface area contributed by atoms with Gasteiger partial charge in [-0.05, 0) is 44.1 Å². The highest BCUT2D eigenvalue weighted by atomic mass is 32.2. The van der Waals surface area contributed by atoms with Gasteiger partial charge in [0.05, 0.1) is 4.90 Å². The number of hydrogen-bond donors (Lipinski definition) is 0. The van der Waals surface area contributed by atoms with Gasteiger partial charge >= 0.3 is 0 Å². The van der Waals surface area contributed by atoms with E-state index in [1.54, 1.807) is 23.1 Å². The average Bonchev–Trinajstić information content (AvgIpc) is 3.36. The van der Waals surface area contributed by atoms with Crippen molar-refractivity contribution in [2.24, 2.45) is 0 Å². The van der Waals surface area contributed by atoms with Crippen LogP contribution in [-0.2, 0) is 14.8 Å². The first kappa shape index (κ1) is 24.1. The Morgan fingerprint density at radius 2 is 1.36 bits per heavy atom. The van der Waals surface area contributed by atoms with E-state index < -0.39 is 10.0 Å². The number of carbonyl (C=O) groups excluding carboxylic acids is 2. The van der Waals surface area contributed by atoms with E-state index in [4.69, 9.17) is 0 Å². The third kappa shape index (κ3) is 5.74. The van der Waals surface area contributed by atoms with Gasteiger partial charge in [0.25, 0.3) is 5.91 Å². The molecule has 0 bridgehead atoms. The number of likely N-dealkylation sites (tertiary alicyclic amines) is 1. The van der Waals surface area contributed by atoms with Crippen molar-refractivity contribution in [3.63, 3.8) is 0 Å². The molecule has 0 unspecified atom stereocenters. The van der Waals surface area contributed by atoms with E-state index in [9.17, 15) is 18.0 Å². The highest BCUT2D eigenvalue weighted by Crippen LogP contribution is 2.20. The number of amides is 2. The van der Waals surface area contributed by atoms with Gasteiger partial charge in [-0.2, -0.15) is 4.31 Å². The molecule has 0 spiro atoms. The summed E-state index contributed by atoms with van der Waals surface area (Å²) in [6.07, 6.45) is 2.59. The lowest BCUT2D eigenvalue weighted by Gasteiger charge is -2.35. The number of rotatable bonds is 6. The van der Waals surface area contributed by atoms with Gasteiger partial charge in [0.15, 0.2) is 0 Å². The van der Waals surface area contributed by atoms with Crippen LogP contribution < -0.4 is 0 Å². The Kier molecular flexibility index (Phi) is 7.68. The summed E-state index contributed by atoms with van der Waals surface area (Å²) in [6.45, 7) is 10.3. The second kappa shape index (κ2) is 10.5. The fourth-order valence-electron chi connectivity index (χ4n) is 4.83. The summed E-state index contributed by atoms with van der Waals surface area (Å²) < 4.78 is 27.6. The van der Waals surface area contributed by atoms with E-state index in [-0.39, 0.29) is 29.8 Å². The Labute approximate surface area is 197 Å². The van der Waals surface area contributed by atoms with Crippen molar-refractivity contribution < 1.29 is 18.0 Å². The lowest BCUT2D eigenvalue weighted by atomic mass is 10.2. The van der Waals surface area contributed by atoms with Gasteiger partial charge in [-0.25, -0.2) is 8.42 Å². The molecule has 182 valence electrons. The molecule has 3 aliphatic heterocycles. The Bertz CT molecular complexity index is 947. The largest absolute Gasteiger partial charge is 0.340 e. The zero-order valence-corrected chi connectivity index (χ0v) is 20.3. The number of hydrogen-bond acceptors (Lipinski definition) is 6. The van der Waals surface area contributed by atoms with E-state index in [1.807, 2.05) is 4.90 Å². The molecular weight excluding hydrogens is 442 g/mol. The quantitative estimate of drug-likeness (QED) is 0.590. The van der Waals surface area contributed by atoms with Crippen LogP contribution in [0.2, 0.25) is 0 Å². The molecule has 3 saturated heterocycles. The zero-order chi connectivity index (χ0) is 23.4. The van der Waals surface area contributed by atoms with Crippen molar-refractivity contribution in [3.8, 4) is 0 Å². The fourth-order valence-corrected chi connectivity index (χ4v) is 6.30. The monoisotopic (exact) mass is 477 g/mol. The minimum Gasteiger partial charge on any atom is -0.340 e. The summed E-state index contributed by atoms with van der Waals surface area (Å²) in [5, 5.41) is 0. The van der Waals surface area contributed by atoms with E-state index >= 15 is 0 Å². The fraction of sp³-hybridized carbons (Fsp3) is 0.652. The molecular formula is C23H35N5O4S. The second-order valence-electron chi connectivity index (χ2n) is 9.12. The molecule has 9 nitrogen and oxygen atoms in total. The topological polar surface area (TPSA) is 84.5 Å². The van der Waals surface area contributed by atoms with Crippen molar-refractivity contribution >= 4 is 21.8 Å². The third-order valence-electron chi connectivity index (χ3n) is 6.99. The van der Waals surface area contributed by atoms with Crippen LogP contribution in [0.25, 0.3) is 0 Å². The second-order valence-corrected chi connectivity index (χ2v) is 11.1. The predicted octanol–water partition coefficient (Wildman–Crippen LogP) is 0.393. The van der Waals surface area contributed by atoms with Crippen molar-refractivity contribution in [1.29, 1.82) is 0 Å². The number of carbonyl (C=O) groups is 2. The Balaban J connectivity index is 1.33. The lowest BCUT2D eigenvalue weighted by Crippen LogP contribution is -2.50. The first-order chi connectivity index (χ1) is 15.8. The molecule has 4 rings (SSSR count). The van der Waals surface area contributed by atoms with E-state index in [2.05, 4.69) is 9.80 Å². The highest BCUT2D eigenvalue weighted by molar-refractivity contribution is 7.89. The van der Waals surface area contributed by atoms with Gasteiger partial charge in [-0.15, -0.1) is 0 Å². The molecule has 0 atom stereocenters. The predicted molar refractivity (Wildman–Crippen MR) is 125 cm³/mol. The first-order valence-corrected chi connectivity index (χ1v) is 13.4. The minimum atomic E-state index is -3.71. The molecule has 1 aromatic carbocycles. The molecule has 0 N–H and O–H groups in total. The van der Waals surface area contributed by atoms with Crippen molar-refractivity contribution in [2.75, 3.05) is 78.5 Å². The average molecular weight is 478 g/mol. The van der Waals surface area contributed by atoms with Gasteiger partial charge in [0.1, 0.15) is 0 Å². The SMILES string of the molecule is CC(=O)N1CCN(S(=O)(=O)c2cccc(C(=O)N3CCN(CCN4CCCC4)CC3)c2)CC1. The zero-order valence-electron chi connectivity index (χ0n) is 19.5. The van der Waals surface area contributed by atoms with Crippen LogP contribution in [0, 0.1) is 0 Å². The van der Waals surface area contributed by atoms with Gasteiger partial charge in [0, 0.05) is 77.9 Å². The molecule has 0 aliphatic carbocycles. The number of nitrogens with zero attached hydrogens (tertiary/aromatic N) is 5. The molecule has 2 amide bonds. The standard InChI is InChI=1S/C23H35N5O4S/c1-20(29)26-15-17-28(18-16-26)33(31,32)22-6-4-5-21(19-22)23(30)27-13-11-25(12-14-27)10-9-24-7-2-3-8-24/h4-6,19H,2-3,7-18H2,1H3. The normalized spacial score (nSPS) is 21.5. The molecule has 0 aromatic heterocycles. The van der Waals surface area contributed by atoms with Gasteiger partial charge < -0.3 is 14.7 Å². The number of sulfonamides is 1. The summed E-state index contributed by atoms with van der Waals surface area (Å²) in [6, 6.07) is 6.36. The molecule has 0 saturated carbocycles. The smallest absolute Gasteiger partial charge is 0.253 e. The maximum atomic E-state index is 13.1. The third-order valence-corrected chi connectivity index (χ3v) is 8.89. The maximum absolute atomic E-state index is 13.1. The van der Waals surface area contributed by atoms with Crippen LogP contribution >= 0.6 is 0 Å². The van der Waals surface area contributed by atoms with Crippen molar-refractivity contribution in [3.05, 3.63) is 29.8 Å². The maximum Gasteiger partial charge on any atom is 0.253 e. The minimum absolute atomic E-state index is 0.0456. The van der Waals surface area contributed by atoms with Gasteiger partial charge in [-0.3, -0.25) is 14.5 Å². The summed E-state index contributed by atoms with van der Waals surface area (Å²) in [4.78, 5) is 33.1. The summed E-state index contributed by atoms with van der Waals surface area (Å²) >= 11 is 0. The number of piperazine rings is 2. The Morgan fingerprint density at radius 3 is 1.97 bits per heavy atom. The summed E-state index contributed by atoms with van der Waals surface area (Å²) in [5.41, 5.74) is 0.406. The van der Waals surface area contributed by atoms with Crippen LogP contribution in [-0.4, -0.2) is 123 Å². The highest BCUT2D eigenvalue weighted by Gasteiger charge is 2.30. The van der Waals surface area contributed by atoms with Gasteiger partial charge in [0.2, 0.25) is 15.9 Å². The number of benzene rings is 1. The lowest BCUT2D eigenvalue weighted by molar-refractivity contribution is -0.129. The van der Waals surface area contributed by atoms with E-state index in [0.29, 0.717) is 31.7 Å². The van der Waals surface area contributed by atoms with Crippen molar-refractivity contribution in [2.45, 2.75) is 24.7 Å². The van der Waals surface area contributed by atoms with Crippen LogP contribution in [0.3, 0.4) is 0 Å².